The number of aromatic nitrogens is 3. The second-order valence-electron chi connectivity index (χ2n) is 7.73. The lowest BCUT2D eigenvalue weighted by Crippen LogP contribution is -2.54. The summed E-state index contributed by atoms with van der Waals surface area (Å²) >= 11 is 0. The number of hydrogen-bond acceptors (Lipinski definition) is 7. The molecule has 3 rings (SSSR count). The Bertz CT molecular complexity index is 479. The maximum Gasteiger partial charge on any atom is 0.165 e. The van der Waals surface area contributed by atoms with Crippen molar-refractivity contribution in [3.8, 4) is 0 Å². The molecule has 1 aromatic rings. The Balaban J connectivity index is 1.61. The van der Waals surface area contributed by atoms with Gasteiger partial charge in [0.05, 0.1) is 13.1 Å². The SMILES string of the molecule is C[C@@H]1CN(Cc2nnc(CN3C[C@@H](C)N[C@@H](C)C3)n2N)C[C@@H](C)N1. The van der Waals surface area contributed by atoms with Gasteiger partial charge in [0.2, 0.25) is 0 Å². The Morgan fingerprint density at radius 3 is 1.46 bits per heavy atom. The van der Waals surface area contributed by atoms with Gasteiger partial charge in [0.25, 0.3) is 0 Å². The van der Waals surface area contributed by atoms with Gasteiger partial charge >= 0.3 is 0 Å². The topological polar surface area (TPSA) is 87.3 Å². The predicted octanol–water partition coefficient (Wildman–Crippen LogP) is -0.644. The average molecular weight is 336 g/mol. The smallest absolute Gasteiger partial charge is 0.165 e. The van der Waals surface area contributed by atoms with Crippen molar-refractivity contribution < 1.29 is 0 Å². The van der Waals surface area contributed by atoms with Gasteiger partial charge in [-0.3, -0.25) is 9.80 Å². The first-order valence-corrected chi connectivity index (χ1v) is 9.05. The van der Waals surface area contributed by atoms with Crippen LogP contribution in [-0.2, 0) is 13.1 Å². The fraction of sp³-hybridized carbons (Fsp3) is 0.875. The van der Waals surface area contributed by atoms with Crippen LogP contribution in [0.4, 0.5) is 0 Å². The molecule has 3 heterocycles. The highest BCUT2D eigenvalue weighted by Gasteiger charge is 2.25. The van der Waals surface area contributed by atoms with E-state index >= 15 is 0 Å². The van der Waals surface area contributed by atoms with E-state index in [1.807, 2.05) is 0 Å². The fourth-order valence-corrected chi connectivity index (χ4v) is 4.12. The minimum absolute atomic E-state index is 0.492. The molecule has 2 aliphatic rings. The highest BCUT2D eigenvalue weighted by atomic mass is 15.4. The summed E-state index contributed by atoms with van der Waals surface area (Å²) in [5.74, 6) is 7.98. The van der Waals surface area contributed by atoms with E-state index in [1.54, 1.807) is 4.68 Å². The van der Waals surface area contributed by atoms with E-state index in [1.165, 1.54) is 0 Å². The molecule has 0 radical (unpaired) electrons. The molecule has 1 aromatic heterocycles. The number of nitrogens with two attached hydrogens (primary N) is 1. The third-order valence-electron chi connectivity index (χ3n) is 4.83. The van der Waals surface area contributed by atoms with E-state index in [2.05, 4.69) is 58.3 Å². The summed E-state index contributed by atoms with van der Waals surface area (Å²) in [6, 6.07) is 1.97. The lowest BCUT2D eigenvalue weighted by molar-refractivity contribution is 0.158. The van der Waals surface area contributed by atoms with Gasteiger partial charge < -0.3 is 16.5 Å². The van der Waals surface area contributed by atoms with Crippen LogP contribution in [0, 0.1) is 0 Å². The van der Waals surface area contributed by atoms with Crippen molar-refractivity contribution in [3.05, 3.63) is 11.6 Å². The summed E-state index contributed by atoms with van der Waals surface area (Å²) in [6.07, 6.45) is 0. The van der Waals surface area contributed by atoms with Crippen LogP contribution in [0.15, 0.2) is 0 Å². The van der Waals surface area contributed by atoms with Gasteiger partial charge in [-0.25, -0.2) is 4.68 Å². The van der Waals surface area contributed by atoms with E-state index in [4.69, 9.17) is 5.84 Å². The van der Waals surface area contributed by atoms with Crippen LogP contribution in [0.2, 0.25) is 0 Å². The van der Waals surface area contributed by atoms with E-state index < -0.39 is 0 Å². The zero-order valence-corrected chi connectivity index (χ0v) is 15.4. The molecule has 136 valence electrons. The standard InChI is InChI=1S/C16H32N8/c1-11-5-22(6-12(2)18-11)9-15-20-21-16(24(15)17)10-23-7-13(3)19-14(4)8-23/h11-14,18-19H,5-10,17H2,1-4H3/t11-,12-,13-,14+/m1/s1. The number of piperazine rings is 2. The molecule has 4 N–H and O–H groups in total. The van der Waals surface area contributed by atoms with Crippen molar-refractivity contribution in [3.63, 3.8) is 0 Å². The molecule has 24 heavy (non-hydrogen) atoms. The first-order chi connectivity index (χ1) is 11.4. The molecule has 2 saturated heterocycles. The fourth-order valence-electron chi connectivity index (χ4n) is 4.12. The average Bonchev–Trinajstić information content (AvgIpc) is 2.78. The first kappa shape index (κ1) is 17.6. The molecule has 0 spiro atoms. The summed E-state index contributed by atoms with van der Waals surface area (Å²) in [6.45, 7) is 14.4. The Morgan fingerprint density at radius 1 is 0.792 bits per heavy atom. The molecular weight excluding hydrogens is 304 g/mol. The van der Waals surface area contributed by atoms with Gasteiger partial charge in [-0.05, 0) is 27.7 Å². The van der Waals surface area contributed by atoms with Gasteiger partial charge in [-0.15, -0.1) is 10.2 Å². The van der Waals surface area contributed by atoms with Crippen LogP contribution in [0.1, 0.15) is 39.3 Å². The molecule has 8 nitrogen and oxygen atoms in total. The summed E-state index contributed by atoms with van der Waals surface area (Å²) in [7, 11) is 0. The van der Waals surface area contributed by atoms with Crippen LogP contribution in [-0.4, -0.2) is 75.0 Å². The van der Waals surface area contributed by atoms with E-state index in [9.17, 15) is 0 Å². The lowest BCUT2D eigenvalue weighted by atomic mass is 10.1. The quantitative estimate of drug-likeness (QED) is 0.630. The van der Waals surface area contributed by atoms with E-state index in [0.29, 0.717) is 24.2 Å². The number of nitrogen functional groups attached to an aromatic ring is 1. The molecule has 2 aliphatic heterocycles. The van der Waals surface area contributed by atoms with Crippen LogP contribution in [0.5, 0.6) is 0 Å². The third-order valence-corrected chi connectivity index (χ3v) is 4.83. The van der Waals surface area contributed by atoms with Crippen molar-refractivity contribution in [1.82, 2.24) is 35.3 Å². The van der Waals surface area contributed by atoms with E-state index in [-0.39, 0.29) is 0 Å². The molecule has 0 bridgehead atoms. The van der Waals surface area contributed by atoms with Gasteiger partial charge in [-0.2, -0.15) is 0 Å². The number of rotatable bonds is 4. The Labute approximate surface area is 144 Å². The van der Waals surface area contributed by atoms with Crippen LogP contribution < -0.4 is 16.5 Å². The maximum absolute atomic E-state index is 6.28. The number of nitrogens with zero attached hydrogens (tertiary/aromatic N) is 5. The van der Waals surface area contributed by atoms with Crippen LogP contribution in [0.3, 0.4) is 0 Å². The number of hydrogen-bond donors (Lipinski definition) is 3. The van der Waals surface area contributed by atoms with Gasteiger partial charge in [0, 0.05) is 50.3 Å². The minimum Gasteiger partial charge on any atom is -0.336 e. The highest BCUT2D eigenvalue weighted by molar-refractivity contribution is 4.98. The zero-order valence-electron chi connectivity index (χ0n) is 15.4. The summed E-state index contributed by atoms with van der Waals surface area (Å²) in [5, 5.41) is 15.8. The van der Waals surface area contributed by atoms with Crippen LogP contribution in [0.25, 0.3) is 0 Å². The lowest BCUT2D eigenvalue weighted by Gasteiger charge is -2.36. The van der Waals surface area contributed by atoms with Gasteiger partial charge in [-0.1, -0.05) is 0 Å². The molecule has 0 saturated carbocycles. The Hall–Kier alpha value is -1.22. The van der Waals surface area contributed by atoms with Crippen molar-refractivity contribution in [2.75, 3.05) is 32.0 Å². The van der Waals surface area contributed by atoms with Crippen molar-refractivity contribution in [1.29, 1.82) is 0 Å². The molecule has 2 fully saturated rings. The molecule has 8 heteroatoms. The maximum atomic E-state index is 6.28. The molecule has 0 aliphatic carbocycles. The first-order valence-electron chi connectivity index (χ1n) is 9.05. The normalized spacial score (nSPS) is 33.0. The minimum atomic E-state index is 0.492. The molecule has 4 atom stereocenters. The van der Waals surface area contributed by atoms with Crippen LogP contribution >= 0.6 is 0 Å². The number of nitrogens with one attached hydrogen (secondary N) is 2. The van der Waals surface area contributed by atoms with Gasteiger partial charge in [0.15, 0.2) is 11.6 Å². The molecular formula is C16H32N8. The highest BCUT2D eigenvalue weighted by Crippen LogP contribution is 2.11. The summed E-state index contributed by atoms with van der Waals surface area (Å²) in [5.41, 5.74) is 0. The Morgan fingerprint density at radius 2 is 1.12 bits per heavy atom. The largest absolute Gasteiger partial charge is 0.336 e. The molecule has 0 aromatic carbocycles. The monoisotopic (exact) mass is 336 g/mol. The van der Waals surface area contributed by atoms with Crippen molar-refractivity contribution in [2.45, 2.75) is 65.0 Å². The second-order valence-corrected chi connectivity index (χ2v) is 7.73. The predicted molar refractivity (Wildman–Crippen MR) is 94.8 cm³/mol. The summed E-state index contributed by atoms with van der Waals surface area (Å²) < 4.78 is 1.69. The second kappa shape index (κ2) is 7.35. The zero-order chi connectivity index (χ0) is 17.3. The van der Waals surface area contributed by atoms with Crippen molar-refractivity contribution >= 4 is 0 Å². The van der Waals surface area contributed by atoms with Crippen molar-refractivity contribution in [2.24, 2.45) is 0 Å². The Kier molecular flexibility index (Phi) is 5.39. The van der Waals surface area contributed by atoms with E-state index in [0.717, 1.165) is 50.9 Å². The molecule has 0 unspecified atom stereocenters. The van der Waals surface area contributed by atoms with Gasteiger partial charge in [0.1, 0.15) is 0 Å². The molecule has 0 amide bonds. The third kappa shape index (κ3) is 4.24. The summed E-state index contributed by atoms with van der Waals surface area (Å²) in [4.78, 5) is 4.80.